The Kier molecular flexibility index (Phi) is 3.15. The number of amides is 1. The number of benzene rings is 1. The lowest BCUT2D eigenvalue weighted by molar-refractivity contribution is -0.116. The van der Waals surface area contributed by atoms with E-state index in [1.54, 1.807) is 12.1 Å². The van der Waals surface area contributed by atoms with Gasteiger partial charge in [0.05, 0.1) is 0 Å². The monoisotopic (exact) mass is 273 g/mol. The molecule has 2 nitrogen and oxygen atoms in total. The lowest BCUT2D eigenvalue weighted by Gasteiger charge is -2.34. The van der Waals surface area contributed by atoms with Crippen LogP contribution in [0.1, 0.15) is 44.2 Å². The van der Waals surface area contributed by atoms with E-state index in [4.69, 9.17) is 0 Å². The normalized spacial score (nSPS) is 22.4. The second-order valence-electron chi connectivity index (χ2n) is 6.53. The number of rotatable bonds is 2. The zero-order valence-electron chi connectivity index (χ0n) is 12.0. The Morgan fingerprint density at radius 3 is 2.85 bits per heavy atom. The summed E-state index contributed by atoms with van der Waals surface area (Å²) in [6, 6.07) is 5.25. The van der Waals surface area contributed by atoms with E-state index < -0.39 is 0 Å². The minimum Gasteiger partial charge on any atom is -0.350 e. The van der Waals surface area contributed by atoms with Gasteiger partial charge in [0.15, 0.2) is 0 Å². The number of hydrogen-bond donors (Lipinski definition) is 1. The van der Waals surface area contributed by atoms with Crippen molar-refractivity contribution in [2.24, 2.45) is 5.41 Å². The van der Waals surface area contributed by atoms with Gasteiger partial charge in [-0.1, -0.05) is 19.9 Å². The molecule has 0 heterocycles. The van der Waals surface area contributed by atoms with Crippen molar-refractivity contribution < 1.29 is 9.18 Å². The third kappa shape index (κ3) is 2.62. The Morgan fingerprint density at radius 2 is 2.15 bits per heavy atom. The standard InChI is InChI=1S/C17H20FNO/c1-17(2)8-7-11-3-4-12(18)9-14(11)15(17)10-16(20)19-13-5-6-13/h3-4,9-10,13H,5-8H2,1-2H3,(H,19,20)/b15-10-. The molecule has 0 aliphatic heterocycles. The van der Waals surface area contributed by atoms with E-state index in [2.05, 4.69) is 19.2 Å². The topological polar surface area (TPSA) is 29.1 Å². The van der Waals surface area contributed by atoms with Crippen molar-refractivity contribution in [2.75, 3.05) is 0 Å². The molecule has 0 spiro atoms. The van der Waals surface area contributed by atoms with Crippen molar-refractivity contribution >= 4 is 11.5 Å². The Balaban J connectivity index is 1.99. The average Bonchev–Trinajstić information content (AvgIpc) is 3.17. The van der Waals surface area contributed by atoms with Gasteiger partial charge in [-0.25, -0.2) is 4.39 Å². The van der Waals surface area contributed by atoms with Crippen molar-refractivity contribution in [3.63, 3.8) is 0 Å². The van der Waals surface area contributed by atoms with Crippen molar-refractivity contribution in [2.45, 2.75) is 45.6 Å². The largest absolute Gasteiger partial charge is 0.350 e. The summed E-state index contributed by atoms with van der Waals surface area (Å²) in [4.78, 5) is 12.1. The third-order valence-electron chi connectivity index (χ3n) is 4.31. The van der Waals surface area contributed by atoms with E-state index >= 15 is 0 Å². The second-order valence-corrected chi connectivity index (χ2v) is 6.53. The van der Waals surface area contributed by atoms with Gasteiger partial charge >= 0.3 is 0 Å². The third-order valence-corrected chi connectivity index (χ3v) is 4.31. The number of aryl methyl sites for hydroxylation is 1. The molecule has 1 saturated carbocycles. The number of hydrogen-bond acceptors (Lipinski definition) is 1. The molecule has 2 aliphatic rings. The molecule has 1 aromatic rings. The zero-order chi connectivity index (χ0) is 14.3. The van der Waals surface area contributed by atoms with Crippen LogP contribution in [0.25, 0.3) is 5.57 Å². The van der Waals surface area contributed by atoms with Crippen molar-refractivity contribution in [1.82, 2.24) is 5.32 Å². The van der Waals surface area contributed by atoms with E-state index in [-0.39, 0.29) is 17.1 Å². The van der Waals surface area contributed by atoms with Gasteiger partial charge in [0.2, 0.25) is 5.91 Å². The molecule has 0 radical (unpaired) electrons. The molecular weight excluding hydrogens is 253 g/mol. The summed E-state index contributed by atoms with van der Waals surface area (Å²) in [5.74, 6) is -0.289. The number of halogens is 1. The van der Waals surface area contributed by atoms with E-state index in [9.17, 15) is 9.18 Å². The van der Waals surface area contributed by atoms with Crippen LogP contribution >= 0.6 is 0 Å². The molecule has 0 aromatic heterocycles. The first-order valence-corrected chi connectivity index (χ1v) is 7.27. The fourth-order valence-corrected chi connectivity index (χ4v) is 2.84. The Bertz CT molecular complexity index is 585. The highest BCUT2D eigenvalue weighted by Gasteiger charge is 2.32. The van der Waals surface area contributed by atoms with Crippen LogP contribution in [0.3, 0.4) is 0 Å². The van der Waals surface area contributed by atoms with E-state index in [0.717, 1.165) is 42.4 Å². The maximum atomic E-state index is 13.5. The maximum Gasteiger partial charge on any atom is 0.244 e. The first-order chi connectivity index (χ1) is 9.45. The fourth-order valence-electron chi connectivity index (χ4n) is 2.84. The lowest BCUT2D eigenvalue weighted by Crippen LogP contribution is -2.27. The van der Waals surface area contributed by atoms with Gasteiger partial charge in [-0.3, -0.25) is 4.79 Å². The van der Waals surface area contributed by atoms with Crippen LogP contribution in [0, 0.1) is 11.2 Å². The van der Waals surface area contributed by atoms with Crippen LogP contribution in [0.5, 0.6) is 0 Å². The van der Waals surface area contributed by atoms with Gasteiger partial charge in [-0.15, -0.1) is 0 Å². The molecule has 1 fully saturated rings. The molecule has 0 unspecified atom stereocenters. The second kappa shape index (κ2) is 4.72. The first-order valence-electron chi connectivity index (χ1n) is 7.27. The molecular formula is C17H20FNO. The van der Waals surface area contributed by atoms with E-state index in [1.807, 2.05) is 6.07 Å². The summed E-state index contributed by atoms with van der Waals surface area (Å²) in [7, 11) is 0. The summed E-state index contributed by atoms with van der Waals surface area (Å²) in [5.41, 5.74) is 2.89. The molecule has 106 valence electrons. The lowest BCUT2D eigenvalue weighted by atomic mass is 9.70. The highest BCUT2D eigenvalue weighted by atomic mass is 19.1. The van der Waals surface area contributed by atoms with Gasteiger partial charge in [0.1, 0.15) is 5.82 Å². The molecule has 2 aliphatic carbocycles. The van der Waals surface area contributed by atoms with E-state index in [0.29, 0.717) is 6.04 Å². The predicted octanol–water partition coefficient (Wildman–Crippen LogP) is 3.46. The summed E-state index contributed by atoms with van der Waals surface area (Å²) >= 11 is 0. The van der Waals surface area contributed by atoms with Crippen molar-refractivity contribution in [1.29, 1.82) is 0 Å². The summed E-state index contributed by atoms with van der Waals surface area (Å²) in [6.45, 7) is 4.24. The summed E-state index contributed by atoms with van der Waals surface area (Å²) < 4.78 is 13.5. The maximum absolute atomic E-state index is 13.5. The van der Waals surface area contributed by atoms with Crippen LogP contribution in [-0.4, -0.2) is 11.9 Å². The number of carbonyl (C=O) groups excluding carboxylic acids is 1. The first kappa shape index (κ1) is 13.3. The van der Waals surface area contributed by atoms with Crippen molar-refractivity contribution in [3.8, 4) is 0 Å². The highest BCUT2D eigenvalue weighted by Crippen LogP contribution is 2.44. The quantitative estimate of drug-likeness (QED) is 0.821. The van der Waals surface area contributed by atoms with Crippen LogP contribution < -0.4 is 5.32 Å². The van der Waals surface area contributed by atoms with E-state index in [1.165, 1.54) is 6.07 Å². The SMILES string of the molecule is CC1(C)CCc2ccc(F)cc2/C1=C/C(=O)NC1CC1. The number of fused-ring (bicyclic) bond motifs is 1. The number of nitrogens with one attached hydrogen (secondary N) is 1. The highest BCUT2D eigenvalue weighted by molar-refractivity contribution is 5.97. The van der Waals surface area contributed by atoms with Gasteiger partial charge in [-0.2, -0.15) is 0 Å². The minimum absolute atomic E-state index is 0.0484. The molecule has 3 rings (SSSR count). The van der Waals surface area contributed by atoms with Crippen LogP contribution in [0.15, 0.2) is 24.3 Å². The summed E-state index contributed by atoms with van der Waals surface area (Å²) in [5, 5.41) is 2.98. The Morgan fingerprint density at radius 1 is 1.40 bits per heavy atom. The zero-order valence-corrected chi connectivity index (χ0v) is 12.0. The smallest absolute Gasteiger partial charge is 0.244 e. The molecule has 0 atom stereocenters. The van der Waals surface area contributed by atoms with Gasteiger partial charge in [0.25, 0.3) is 0 Å². The predicted molar refractivity (Wildman–Crippen MR) is 77.6 cm³/mol. The van der Waals surface area contributed by atoms with Crippen LogP contribution in [-0.2, 0) is 11.2 Å². The molecule has 20 heavy (non-hydrogen) atoms. The van der Waals surface area contributed by atoms with Crippen LogP contribution in [0.4, 0.5) is 4.39 Å². The number of allylic oxidation sites excluding steroid dienone is 1. The molecule has 0 bridgehead atoms. The Labute approximate surface area is 119 Å². The average molecular weight is 273 g/mol. The summed E-state index contributed by atoms with van der Waals surface area (Å²) in [6.07, 6.45) is 5.74. The minimum atomic E-state index is -0.241. The van der Waals surface area contributed by atoms with Gasteiger partial charge in [0, 0.05) is 12.1 Å². The molecule has 1 aromatic carbocycles. The van der Waals surface area contributed by atoms with Crippen LogP contribution in [0.2, 0.25) is 0 Å². The number of carbonyl (C=O) groups is 1. The molecule has 0 saturated heterocycles. The molecule has 1 N–H and O–H groups in total. The van der Waals surface area contributed by atoms with Gasteiger partial charge in [-0.05, 0) is 59.9 Å². The molecule has 1 amide bonds. The van der Waals surface area contributed by atoms with Crippen molar-refractivity contribution in [3.05, 3.63) is 41.2 Å². The fraction of sp³-hybridized carbons (Fsp3) is 0.471. The Hall–Kier alpha value is -1.64. The van der Waals surface area contributed by atoms with Gasteiger partial charge < -0.3 is 5.32 Å². The molecule has 3 heteroatoms.